The molecule has 1 saturated heterocycles. The molecule has 0 bridgehead atoms. The zero-order valence-electron chi connectivity index (χ0n) is 15.6. The van der Waals surface area contributed by atoms with Crippen LogP contribution < -0.4 is 0 Å². The van der Waals surface area contributed by atoms with E-state index in [1.165, 1.54) is 18.2 Å². The molecule has 0 spiro atoms. The largest absolute Gasteiger partial charge is 0.449 e. The fourth-order valence-electron chi connectivity index (χ4n) is 3.47. The van der Waals surface area contributed by atoms with Crippen LogP contribution in [0.3, 0.4) is 0 Å². The van der Waals surface area contributed by atoms with Crippen LogP contribution in [-0.2, 0) is 9.53 Å². The van der Waals surface area contributed by atoms with Crippen molar-refractivity contribution in [2.45, 2.75) is 51.7 Å². The van der Waals surface area contributed by atoms with E-state index in [1.54, 1.807) is 25.1 Å². The summed E-state index contributed by atoms with van der Waals surface area (Å²) in [6, 6.07) is 9.28. The Morgan fingerprint density at radius 3 is 2.78 bits per heavy atom. The molecule has 0 N–H and O–H groups in total. The molecule has 2 heterocycles. The van der Waals surface area contributed by atoms with Crippen molar-refractivity contribution in [3.05, 3.63) is 48.0 Å². The van der Waals surface area contributed by atoms with Crippen molar-refractivity contribution in [1.29, 1.82) is 0 Å². The highest BCUT2D eigenvalue weighted by molar-refractivity contribution is 5.90. The summed E-state index contributed by atoms with van der Waals surface area (Å²) in [5.41, 5.74) is 0.264. The van der Waals surface area contributed by atoms with Crippen LogP contribution in [0, 0.1) is 5.82 Å². The summed E-state index contributed by atoms with van der Waals surface area (Å²) < 4.78 is 24.6. The Balaban J connectivity index is 1.66. The van der Waals surface area contributed by atoms with Gasteiger partial charge in [-0.05, 0) is 56.9 Å². The lowest BCUT2D eigenvalue weighted by atomic mass is 9.99. The standard InChI is InChI=1S/C21H24FNO4/c1-3-15-8-6-7-13-23(15)20(24)14(2)26-21(25)19-12-11-18(27-19)16-9-4-5-10-17(16)22/h4-5,9-12,14-15H,3,6-8,13H2,1-2H3/t14-,15-/m0/s1. The third-order valence-electron chi connectivity index (χ3n) is 4.96. The first-order valence-corrected chi connectivity index (χ1v) is 9.37. The fourth-order valence-corrected chi connectivity index (χ4v) is 3.47. The molecule has 0 unspecified atom stereocenters. The minimum atomic E-state index is -0.897. The maximum atomic E-state index is 13.9. The van der Waals surface area contributed by atoms with E-state index in [0.717, 1.165) is 25.7 Å². The number of nitrogens with zero attached hydrogens (tertiary/aromatic N) is 1. The first-order chi connectivity index (χ1) is 13.0. The van der Waals surface area contributed by atoms with E-state index in [2.05, 4.69) is 6.92 Å². The average Bonchev–Trinajstić information content (AvgIpc) is 3.17. The molecule has 1 aromatic heterocycles. The molecule has 144 valence electrons. The summed E-state index contributed by atoms with van der Waals surface area (Å²) in [7, 11) is 0. The molecule has 0 radical (unpaired) electrons. The molecule has 6 heteroatoms. The van der Waals surface area contributed by atoms with Crippen LogP contribution in [0.15, 0.2) is 40.8 Å². The molecule has 2 aromatic rings. The SMILES string of the molecule is CC[C@H]1CCCCN1C(=O)[C@H](C)OC(=O)c1ccc(-c2ccccc2F)o1. The Morgan fingerprint density at radius 1 is 1.26 bits per heavy atom. The second kappa shape index (κ2) is 8.37. The van der Waals surface area contributed by atoms with Crippen LogP contribution >= 0.6 is 0 Å². The third-order valence-corrected chi connectivity index (χ3v) is 4.96. The summed E-state index contributed by atoms with van der Waals surface area (Å²) >= 11 is 0. The number of amides is 1. The quantitative estimate of drug-likeness (QED) is 0.728. The summed E-state index contributed by atoms with van der Waals surface area (Å²) in [4.78, 5) is 26.8. The van der Waals surface area contributed by atoms with Crippen molar-refractivity contribution in [3.63, 3.8) is 0 Å². The van der Waals surface area contributed by atoms with Gasteiger partial charge in [-0.2, -0.15) is 0 Å². The molecular formula is C21H24FNO4. The molecule has 2 atom stereocenters. The van der Waals surface area contributed by atoms with Gasteiger partial charge in [0.15, 0.2) is 6.10 Å². The number of ether oxygens (including phenoxy) is 1. The topological polar surface area (TPSA) is 59.8 Å². The number of carbonyl (C=O) groups excluding carboxylic acids is 2. The number of carbonyl (C=O) groups is 2. The number of esters is 1. The van der Waals surface area contributed by atoms with Crippen LogP contribution in [-0.4, -0.2) is 35.5 Å². The van der Waals surface area contributed by atoms with E-state index in [9.17, 15) is 14.0 Å². The lowest BCUT2D eigenvalue weighted by Gasteiger charge is -2.36. The Bertz CT molecular complexity index is 816. The van der Waals surface area contributed by atoms with Crippen LogP contribution in [0.5, 0.6) is 0 Å². The van der Waals surface area contributed by atoms with Gasteiger partial charge >= 0.3 is 5.97 Å². The average molecular weight is 373 g/mol. The number of likely N-dealkylation sites (tertiary alicyclic amines) is 1. The number of benzene rings is 1. The number of hydrogen-bond donors (Lipinski definition) is 0. The molecular weight excluding hydrogens is 349 g/mol. The highest BCUT2D eigenvalue weighted by Crippen LogP contribution is 2.26. The van der Waals surface area contributed by atoms with Gasteiger partial charge in [-0.25, -0.2) is 9.18 Å². The van der Waals surface area contributed by atoms with E-state index in [4.69, 9.17) is 9.15 Å². The van der Waals surface area contributed by atoms with Crippen LogP contribution in [0.1, 0.15) is 50.1 Å². The van der Waals surface area contributed by atoms with Gasteiger partial charge in [-0.1, -0.05) is 19.1 Å². The van der Waals surface area contributed by atoms with Gasteiger partial charge in [0.05, 0.1) is 5.56 Å². The Morgan fingerprint density at radius 2 is 2.04 bits per heavy atom. The predicted octanol–water partition coefficient (Wildman–Crippen LogP) is 4.42. The summed E-state index contributed by atoms with van der Waals surface area (Å²) in [5, 5.41) is 0. The van der Waals surface area contributed by atoms with E-state index in [-0.39, 0.29) is 29.0 Å². The monoisotopic (exact) mass is 373 g/mol. The van der Waals surface area contributed by atoms with Gasteiger partial charge in [-0.3, -0.25) is 4.79 Å². The summed E-state index contributed by atoms with van der Waals surface area (Å²) in [6.45, 7) is 4.32. The molecule has 1 aliphatic heterocycles. The van der Waals surface area contributed by atoms with Gasteiger partial charge in [0, 0.05) is 12.6 Å². The third kappa shape index (κ3) is 4.21. The van der Waals surface area contributed by atoms with Crippen molar-refractivity contribution in [1.82, 2.24) is 4.90 Å². The number of furan rings is 1. The van der Waals surface area contributed by atoms with Crippen LogP contribution in [0.2, 0.25) is 0 Å². The highest BCUT2D eigenvalue weighted by atomic mass is 19.1. The normalized spacial score (nSPS) is 18.2. The zero-order valence-corrected chi connectivity index (χ0v) is 15.6. The smallest absolute Gasteiger partial charge is 0.375 e. The first-order valence-electron chi connectivity index (χ1n) is 9.37. The van der Waals surface area contributed by atoms with E-state index in [1.807, 2.05) is 4.90 Å². The van der Waals surface area contributed by atoms with Crippen molar-refractivity contribution >= 4 is 11.9 Å². The molecule has 0 aliphatic carbocycles. The Kier molecular flexibility index (Phi) is 5.94. The molecule has 5 nitrogen and oxygen atoms in total. The lowest BCUT2D eigenvalue weighted by Crippen LogP contribution is -2.48. The van der Waals surface area contributed by atoms with E-state index < -0.39 is 17.9 Å². The second-order valence-corrected chi connectivity index (χ2v) is 6.78. The number of halogens is 1. The molecule has 1 aromatic carbocycles. The minimum Gasteiger partial charge on any atom is -0.449 e. The molecule has 1 fully saturated rings. The lowest BCUT2D eigenvalue weighted by molar-refractivity contribution is -0.143. The number of hydrogen-bond acceptors (Lipinski definition) is 4. The Labute approximate surface area is 158 Å². The molecule has 0 saturated carbocycles. The van der Waals surface area contributed by atoms with Gasteiger partial charge in [0.25, 0.3) is 5.91 Å². The molecule has 27 heavy (non-hydrogen) atoms. The minimum absolute atomic E-state index is 0.0569. The molecule has 1 amide bonds. The van der Waals surface area contributed by atoms with Crippen molar-refractivity contribution in [2.75, 3.05) is 6.54 Å². The molecule has 1 aliphatic rings. The van der Waals surface area contributed by atoms with Crippen LogP contribution in [0.25, 0.3) is 11.3 Å². The second-order valence-electron chi connectivity index (χ2n) is 6.78. The maximum Gasteiger partial charge on any atom is 0.375 e. The number of rotatable bonds is 5. The van der Waals surface area contributed by atoms with Gasteiger partial charge in [-0.15, -0.1) is 0 Å². The van der Waals surface area contributed by atoms with Gasteiger partial charge in [0.1, 0.15) is 11.6 Å². The predicted molar refractivity (Wildman–Crippen MR) is 98.6 cm³/mol. The highest BCUT2D eigenvalue weighted by Gasteiger charge is 2.31. The number of piperidine rings is 1. The van der Waals surface area contributed by atoms with E-state index >= 15 is 0 Å². The zero-order chi connectivity index (χ0) is 19.4. The summed E-state index contributed by atoms with van der Waals surface area (Å²) in [5.74, 6) is -1.18. The van der Waals surface area contributed by atoms with Crippen molar-refractivity contribution in [2.24, 2.45) is 0 Å². The summed E-state index contributed by atoms with van der Waals surface area (Å²) in [6.07, 6.45) is 3.05. The van der Waals surface area contributed by atoms with Crippen LogP contribution in [0.4, 0.5) is 4.39 Å². The first kappa shape index (κ1) is 19.1. The van der Waals surface area contributed by atoms with Crippen molar-refractivity contribution in [3.8, 4) is 11.3 Å². The molecule has 3 rings (SSSR count). The van der Waals surface area contributed by atoms with E-state index in [0.29, 0.717) is 6.54 Å². The Hall–Kier alpha value is -2.63. The maximum absolute atomic E-state index is 13.9. The van der Waals surface area contributed by atoms with Gasteiger partial charge in [0.2, 0.25) is 5.76 Å². The fraction of sp³-hybridized carbons (Fsp3) is 0.429. The van der Waals surface area contributed by atoms with Crippen molar-refractivity contribution < 1.29 is 23.1 Å². The van der Waals surface area contributed by atoms with Gasteiger partial charge < -0.3 is 14.1 Å².